The fourth-order valence-corrected chi connectivity index (χ4v) is 2.27. The van der Waals surface area contributed by atoms with Gasteiger partial charge in [-0.3, -0.25) is 4.79 Å². The van der Waals surface area contributed by atoms with Crippen molar-refractivity contribution in [2.24, 2.45) is 5.73 Å². The number of hydrogen-bond acceptors (Lipinski definition) is 4. The molecule has 0 aliphatic carbocycles. The van der Waals surface area contributed by atoms with Crippen molar-refractivity contribution in [1.82, 2.24) is 0 Å². The standard InChI is InChI=1S/C18H22N2O2/c1-3-22-18(21)17(19)11-13-7-9-14(10-8-13)15-5-4-6-16(12-15)20-2/h4-10,12,17,20H,3,11,19H2,1-2H3/t17-/m0/s1. The number of ether oxygens (including phenoxy) is 1. The molecular weight excluding hydrogens is 276 g/mol. The van der Waals surface area contributed by atoms with Crippen LogP contribution in [0.15, 0.2) is 48.5 Å². The lowest BCUT2D eigenvalue weighted by atomic mass is 10.0. The van der Waals surface area contributed by atoms with Gasteiger partial charge in [0, 0.05) is 12.7 Å². The zero-order valence-corrected chi connectivity index (χ0v) is 13.0. The molecule has 0 aromatic heterocycles. The highest BCUT2D eigenvalue weighted by Crippen LogP contribution is 2.23. The van der Waals surface area contributed by atoms with Crippen LogP contribution in [0.4, 0.5) is 5.69 Å². The Kier molecular flexibility index (Phi) is 5.55. The summed E-state index contributed by atoms with van der Waals surface area (Å²) < 4.78 is 4.92. The summed E-state index contributed by atoms with van der Waals surface area (Å²) in [6.45, 7) is 2.13. The number of hydrogen-bond donors (Lipinski definition) is 2. The van der Waals surface area contributed by atoms with Gasteiger partial charge in [-0.25, -0.2) is 0 Å². The van der Waals surface area contributed by atoms with E-state index in [2.05, 4.69) is 17.4 Å². The van der Waals surface area contributed by atoms with Crippen molar-refractivity contribution in [3.8, 4) is 11.1 Å². The lowest BCUT2D eigenvalue weighted by molar-refractivity contribution is -0.144. The first-order valence-corrected chi connectivity index (χ1v) is 7.43. The third-order valence-corrected chi connectivity index (χ3v) is 3.48. The van der Waals surface area contributed by atoms with Crippen molar-refractivity contribution in [1.29, 1.82) is 0 Å². The quantitative estimate of drug-likeness (QED) is 0.805. The first kappa shape index (κ1) is 16.0. The van der Waals surface area contributed by atoms with Gasteiger partial charge in [-0.15, -0.1) is 0 Å². The summed E-state index contributed by atoms with van der Waals surface area (Å²) in [5, 5.41) is 3.13. The number of carbonyl (C=O) groups excluding carboxylic acids is 1. The zero-order valence-electron chi connectivity index (χ0n) is 13.0. The van der Waals surface area contributed by atoms with Crippen molar-refractivity contribution in [3.05, 3.63) is 54.1 Å². The van der Waals surface area contributed by atoms with Crippen LogP contribution in [-0.4, -0.2) is 25.7 Å². The van der Waals surface area contributed by atoms with Gasteiger partial charge in [0.15, 0.2) is 0 Å². The lowest BCUT2D eigenvalue weighted by Gasteiger charge is -2.11. The van der Waals surface area contributed by atoms with Gasteiger partial charge in [0.1, 0.15) is 6.04 Å². The molecule has 0 unspecified atom stereocenters. The van der Waals surface area contributed by atoms with Crippen LogP contribution in [0.1, 0.15) is 12.5 Å². The molecule has 116 valence electrons. The van der Waals surface area contributed by atoms with E-state index in [9.17, 15) is 4.79 Å². The molecule has 0 saturated carbocycles. The Morgan fingerprint density at radius 1 is 1.18 bits per heavy atom. The second kappa shape index (κ2) is 7.61. The van der Waals surface area contributed by atoms with Gasteiger partial charge in [0.25, 0.3) is 0 Å². The zero-order chi connectivity index (χ0) is 15.9. The minimum absolute atomic E-state index is 0.353. The first-order valence-electron chi connectivity index (χ1n) is 7.43. The number of esters is 1. The number of anilines is 1. The summed E-state index contributed by atoms with van der Waals surface area (Å²) in [7, 11) is 1.90. The molecule has 3 N–H and O–H groups in total. The maximum Gasteiger partial charge on any atom is 0.323 e. The van der Waals surface area contributed by atoms with E-state index < -0.39 is 6.04 Å². The molecule has 4 heteroatoms. The van der Waals surface area contributed by atoms with E-state index in [0.29, 0.717) is 13.0 Å². The van der Waals surface area contributed by atoms with Crippen LogP contribution in [0.25, 0.3) is 11.1 Å². The van der Waals surface area contributed by atoms with Crippen molar-refractivity contribution >= 4 is 11.7 Å². The normalized spacial score (nSPS) is 11.8. The van der Waals surface area contributed by atoms with Crippen LogP contribution < -0.4 is 11.1 Å². The van der Waals surface area contributed by atoms with Crippen LogP contribution in [0.2, 0.25) is 0 Å². The SMILES string of the molecule is CCOC(=O)[C@@H](N)Cc1ccc(-c2cccc(NC)c2)cc1. The molecule has 0 aliphatic heterocycles. The van der Waals surface area contributed by atoms with Gasteiger partial charge in [0.05, 0.1) is 6.61 Å². The fourth-order valence-electron chi connectivity index (χ4n) is 2.27. The number of carbonyl (C=O) groups is 1. The largest absolute Gasteiger partial charge is 0.465 e. The van der Waals surface area contributed by atoms with E-state index >= 15 is 0 Å². The maximum absolute atomic E-state index is 11.6. The summed E-state index contributed by atoms with van der Waals surface area (Å²) in [5.74, 6) is -0.353. The second-order valence-corrected chi connectivity index (χ2v) is 5.09. The van der Waals surface area contributed by atoms with E-state index in [1.54, 1.807) is 6.92 Å². The Hall–Kier alpha value is -2.33. The summed E-state index contributed by atoms with van der Waals surface area (Å²) >= 11 is 0. The smallest absolute Gasteiger partial charge is 0.323 e. The molecule has 22 heavy (non-hydrogen) atoms. The summed E-state index contributed by atoms with van der Waals surface area (Å²) in [6.07, 6.45) is 0.482. The predicted octanol–water partition coefficient (Wildman–Crippen LogP) is 2.83. The first-order chi connectivity index (χ1) is 10.6. The molecule has 0 amide bonds. The maximum atomic E-state index is 11.6. The molecule has 0 heterocycles. The molecule has 2 rings (SSSR count). The number of benzene rings is 2. The number of rotatable bonds is 6. The van der Waals surface area contributed by atoms with Crippen LogP contribution in [-0.2, 0) is 16.0 Å². The van der Waals surface area contributed by atoms with Crippen LogP contribution in [0, 0.1) is 0 Å². The third kappa shape index (κ3) is 4.09. The Labute approximate surface area is 131 Å². The predicted molar refractivity (Wildman–Crippen MR) is 89.7 cm³/mol. The number of nitrogens with one attached hydrogen (secondary N) is 1. The molecule has 0 bridgehead atoms. The highest BCUT2D eigenvalue weighted by Gasteiger charge is 2.14. The Morgan fingerprint density at radius 3 is 2.55 bits per heavy atom. The lowest BCUT2D eigenvalue weighted by Crippen LogP contribution is -2.34. The molecule has 2 aromatic carbocycles. The van der Waals surface area contributed by atoms with Gasteiger partial charge in [-0.05, 0) is 42.2 Å². The van der Waals surface area contributed by atoms with Gasteiger partial charge in [-0.1, -0.05) is 36.4 Å². The van der Waals surface area contributed by atoms with E-state index in [1.165, 1.54) is 0 Å². The third-order valence-electron chi connectivity index (χ3n) is 3.48. The highest BCUT2D eigenvalue weighted by atomic mass is 16.5. The molecule has 0 aliphatic rings. The van der Waals surface area contributed by atoms with Gasteiger partial charge < -0.3 is 15.8 Å². The average molecular weight is 298 g/mol. The van der Waals surface area contributed by atoms with Crippen LogP contribution in [0.5, 0.6) is 0 Å². The minimum atomic E-state index is -0.613. The minimum Gasteiger partial charge on any atom is -0.465 e. The number of nitrogens with two attached hydrogens (primary N) is 1. The van der Waals surface area contributed by atoms with Gasteiger partial charge in [-0.2, -0.15) is 0 Å². The average Bonchev–Trinajstić information content (AvgIpc) is 2.55. The highest BCUT2D eigenvalue weighted by molar-refractivity contribution is 5.76. The molecule has 4 nitrogen and oxygen atoms in total. The van der Waals surface area contributed by atoms with Crippen molar-refractivity contribution < 1.29 is 9.53 Å². The second-order valence-electron chi connectivity index (χ2n) is 5.09. The molecule has 0 saturated heterocycles. The van der Waals surface area contributed by atoms with Crippen LogP contribution in [0.3, 0.4) is 0 Å². The van der Waals surface area contributed by atoms with E-state index in [1.807, 2.05) is 43.4 Å². The van der Waals surface area contributed by atoms with Gasteiger partial charge in [0.2, 0.25) is 0 Å². The van der Waals surface area contributed by atoms with E-state index in [4.69, 9.17) is 10.5 Å². The van der Waals surface area contributed by atoms with E-state index in [-0.39, 0.29) is 5.97 Å². The van der Waals surface area contributed by atoms with Crippen molar-refractivity contribution in [2.45, 2.75) is 19.4 Å². The van der Waals surface area contributed by atoms with Crippen molar-refractivity contribution in [2.75, 3.05) is 19.0 Å². The summed E-state index contributed by atoms with van der Waals surface area (Å²) in [4.78, 5) is 11.6. The van der Waals surface area contributed by atoms with Crippen molar-refractivity contribution in [3.63, 3.8) is 0 Å². The molecule has 2 aromatic rings. The molecule has 0 fully saturated rings. The summed E-state index contributed by atoms with van der Waals surface area (Å²) in [6, 6.07) is 15.7. The fraction of sp³-hybridized carbons (Fsp3) is 0.278. The van der Waals surface area contributed by atoms with E-state index in [0.717, 1.165) is 22.4 Å². The summed E-state index contributed by atoms with van der Waals surface area (Å²) in [5.41, 5.74) is 10.2. The molecule has 0 spiro atoms. The molecule has 0 radical (unpaired) electrons. The topological polar surface area (TPSA) is 64.3 Å². The Balaban J connectivity index is 2.08. The van der Waals surface area contributed by atoms with Crippen LogP contribution >= 0.6 is 0 Å². The Morgan fingerprint density at radius 2 is 1.91 bits per heavy atom. The monoisotopic (exact) mass is 298 g/mol. The molecular formula is C18H22N2O2. The van der Waals surface area contributed by atoms with Gasteiger partial charge >= 0.3 is 5.97 Å². The Bertz CT molecular complexity index is 623. The molecule has 1 atom stereocenters.